The predicted octanol–water partition coefficient (Wildman–Crippen LogP) is 3.05. The summed E-state index contributed by atoms with van der Waals surface area (Å²) < 4.78 is 6.01. The van der Waals surface area contributed by atoms with E-state index in [1.54, 1.807) is 23.2 Å². The summed E-state index contributed by atoms with van der Waals surface area (Å²) in [5.41, 5.74) is 0. The smallest absolute Gasteiger partial charge is 0.289 e. The molecule has 0 atom stereocenters. The largest absolute Gasteiger partial charge is 0.459 e. The van der Waals surface area contributed by atoms with E-state index in [9.17, 15) is 4.79 Å². The van der Waals surface area contributed by atoms with E-state index in [0.717, 1.165) is 23.4 Å². The van der Waals surface area contributed by atoms with E-state index in [0.29, 0.717) is 23.9 Å². The lowest BCUT2D eigenvalue weighted by Gasteiger charge is -2.35. The van der Waals surface area contributed by atoms with E-state index in [2.05, 4.69) is 25.8 Å². The molecule has 0 N–H and O–H groups in total. The molecule has 5 nitrogen and oxygen atoms in total. The van der Waals surface area contributed by atoms with Gasteiger partial charge in [-0.05, 0) is 34.1 Å². The third-order valence-corrected chi connectivity index (χ3v) is 4.18. The van der Waals surface area contributed by atoms with Crippen molar-refractivity contribution in [1.82, 2.24) is 9.88 Å². The highest BCUT2D eigenvalue weighted by Gasteiger charge is 2.25. The van der Waals surface area contributed by atoms with Gasteiger partial charge in [0.15, 0.2) is 5.76 Å². The third kappa shape index (κ3) is 3.06. The van der Waals surface area contributed by atoms with E-state index in [1.807, 2.05) is 6.07 Å². The van der Waals surface area contributed by atoms with E-state index in [1.165, 1.54) is 6.26 Å². The number of piperazine rings is 1. The number of amides is 1. The van der Waals surface area contributed by atoms with Gasteiger partial charge in [0.05, 0.1) is 15.8 Å². The summed E-state index contributed by atoms with van der Waals surface area (Å²) in [5.74, 6) is 1.17. The Balaban J connectivity index is 1.66. The van der Waals surface area contributed by atoms with Gasteiger partial charge in [0.2, 0.25) is 0 Å². The fraction of sp³-hybridized carbons (Fsp3) is 0.286. The number of hydrogen-bond donors (Lipinski definition) is 0. The Labute approximate surface area is 135 Å². The van der Waals surface area contributed by atoms with E-state index in [4.69, 9.17) is 16.0 Å². The van der Waals surface area contributed by atoms with Crippen molar-refractivity contribution in [2.24, 2.45) is 0 Å². The summed E-state index contributed by atoms with van der Waals surface area (Å²) >= 11 is 9.38. The second-order valence-corrected chi connectivity index (χ2v) is 6.01. The molecular formula is C14H13BrClN3O2. The Hall–Kier alpha value is -1.53. The van der Waals surface area contributed by atoms with Crippen LogP contribution < -0.4 is 4.90 Å². The van der Waals surface area contributed by atoms with Gasteiger partial charge in [-0.25, -0.2) is 4.98 Å². The van der Waals surface area contributed by atoms with Gasteiger partial charge in [-0.2, -0.15) is 0 Å². The Kier molecular flexibility index (Phi) is 4.17. The first kappa shape index (κ1) is 14.4. The number of aromatic nitrogens is 1. The van der Waals surface area contributed by atoms with Gasteiger partial charge >= 0.3 is 0 Å². The van der Waals surface area contributed by atoms with Gasteiger partial charge in [0.25, 0.3) is 5.91 Å². The predicted molar refractivity (Wildman–Crippen MR) is 83.8 cm³/mol. The van der Waals surface area contributed by atoms with Gasteiger partial charge in [-0.1, -0.05) is 11.6 Å². The van der Waals surface area contributed by atoms with Crippen LogP contribution >= 0.6 is 27.5 Å². The number of carbonyl (C=O) groups excluding carboxylic acids is 1. The van der Waals surface area contributed by atoms with Crippen molar-refractivity contribution in [2.75, 3.05) is 31.1 Å². The Morgan fingerprint density at radius 3 is 2.71 bits per heavy atom. The normalized spacial score (nSPS) is 15.3. The van der Waals surface area contributed by atoms with Crippen molar-refractivity contribution in [1.29, 1.82) is 0 Å². The van der Waals surface area contributed by atoms with Crippen molar-refractivity contribution in [2.45, 2.75) is 0 Å². The van der Waals surface area contributed by atoms with Crippen LogP contribution in [0.15, 0.2) is 39.5 Å². The minimum atomic E-state index is -0.0669. The quantitative estimate of drug-likeness (QED) is 0.815. The Morgan fingerprint density at radius 1 is 1.33 bits per heavy atom. The van der Waals surface area contributed by atoms with E-state index < -0.39 is 0 Å². The van der Waals surface area contributed by atoms with Crippen LogP contribution in [0.2, 0.25) is 5.02 Å². The summed E-state index contributed by atoms with van der Waals surface area (Å²) in [5, 5.41) is 0.595. The van der Waals surface area contributed by atoms with E-state index in [-0.39, 0.29) is 5.91 Å². The molecule has 1 fully saturated rings. The summed E-state index contributed by atoms with van der Waals surface area (Å²) in [6.45, 7) is 2.71. The molecule has 0 bridgehead atoms. The average Bonchev–Trinajstić information content (AvgIpc) is 3.01. The first-order chi connectivity index (χ1) is 10.1. The van der Waals surface area contributed by atoms with Crippen molar-refractivity contribution >= 4 is 39.3 Å². The lowest BCUT2D eigenvalue weighted by molar-refractivity contribution is 0.0714. The fourth-order valence-electron chi connectivity index (χ4n) is 2.32. The molecule has 0 saturated carbocycles. The molecule has 1 saturated heterocycles. The van der Waals surface area contributed by atoms with Gasteiger partial charge in [-0.15, -0.1) is 0 Å². The average molecular weight is 371 g/mol. The Morgan fingerprint density at radius 2 is 2.10 bits per heavy atom. The topological polar surface area (TPSA) is 49.6 Å². The SMILES string of the molecule is O=C(c1ccco1)N1CCN(c2ncc(Cl)cc2Br)CC1. The van der Waals surface area contributed by atoms with Crippen LogP contribution in [0.4, 0.5) is 5.82 Å². The molecular weight excluding hydrogens is 358 g/mol. The molecule has 7 heteroatoms. The highest BCUT2D eigenvalue weighted by molar-refractivity contribution is 9.10. The molecule has 0 radical (unpaired) electrons. The Bertz CT molecular complexity index is 640. The van der Waals surface area contributed by atoms with Crippen molar-refractivity contribution in [3.8, 4) is 0 Å². The zero-order valence-corrected chi connectivity index (χ0v) is 13.5. The summed E-state index contributed by atoms with van der Waals surface area (Å²) in [4.78, 5) is 20.5. The number of halogens is 2. The van der Waals surface area contributed by atoms with Crippen LogP contribution in [0.25, 0.3) is 0 Å². The van der Waals surface area contributed by atoms with Crippen LogP contribution in [0, 0.1) is 0 Å². The number of hydrogen-bond acceptors (Lipinski definition) is 4. The monoisotopic (exact) mass is 369 g/mol. The van der Waals surface area contributed by atoms with E-state index >= 15 is 0 Å². The molecule has 0 aromatic carbocycles. The molecule has 2 aromatic heterocycles. The number of anilines is 1. The van der Waals surface area contributed by atoms with Crippen LogP contribution in [0.1, 0.15) is 10.6 Å². The lowest BCUT2D eigenvalue weighted by atomic mass is 10.2. The molecule has 1 aliphatic heterocycles. The molecule has 21 heavy (non-hydrogen) atoms. The van der Waals surface area contributed by atoms with Gasteiger partial charge in [-0.3, -0.25) is 4.79 Å². The summed E-state index contributed by atoms with van der Waals surface area (Å²) in [6.07, 6.45) is 3.14. The summed E-state index contributed by atoms with van der Waals surface area (Å²) in [7, 11) is 0. The molecule has 0 spiro atoms. The second-order valence-electron chi connectivity index (χ2n) is 4.72. The van der Waals surface area contributed by atoms with Crippen molar-refractivity contribution < 1.29 is 9.21 Å². The van der Waals surface area contributed by atoms with Crippen LogP contribution in [0.3, 0.4) is 0 Å². The lowest BCUT2D eigenvalue weighted by Crippen LogP contribution is -2.49. The molecule has 110 valence electrons. The van der Waals surface area contributed by atoms with Crippen LogP contribution in [-0.4, -0.2) is 42.0 Å². The number of nitrogens with zero attached hydrogens (tertiary/aromatic N) is 3. The molecule has 3 heterocycles. The zero-order chi connectivity index (χ0) is 14.8. The fourth-order valence-corrected chi connectivity index (χ4v) is 3.21. The number of carbonyl (C=O) groups is 1. The van der Waals surface area contributed by atoms with Crippen molar-refractivity contribution in [3.05, 3.63) is 45.9 Å². The van der Waals surface area contributed by atoms with Crippen LogP contribution in [0.5, 0.6) is 0 Å². The number of pyridine rings is 1. The standard InChI is InChI=1S/C14H13BrClN3O2/c15-11-8-10(16)9-17-13(11)18-3-5-19(6-4-18)14(20)12-2-1-7-21-12/h1-2,7-9H,3-6H2. The molecule has 3 rings (SSSR count). The zero-order valence-electron chi connectivity index (χ0n) is 11.1. The maximum absolute atomic E-state index is 12.2. The van der Waals surface area contributed by atoms with Crippen molar-refractivity contribution in [3.63, 3.8) is 0 Å². The van der Waals surface area contributed by atoms with Gasteiger partial charge in [0, 0.05) is 32.4 Å². The molecule has 0 aliphatic carbocycles. The van der Waals surface area contributed by atoms with Crippen LogP contribution in [-0.2, 0) is 0 Å². The molecule has 0 unspecified atom stereocenters. The first-order valence-electron chi connectivity index (χ1n) is 6.54. The highest BCUT2D eigenvalue weighted by atomic mass is 79.9. The summed E-state index contributed by atoms with van der Waals surface area (Å²) in [6, 6.07) is 5.23. The first-order valence-corrected chi connectivity index (χ1v) is 7.71. The maximum atomic E-state index is 12.2. The van der Waals surface area contributed by atoms with Gasteiger partial charge in [0.1, 0.15) is 5.82 Å². The maximum Gasteiger partial charge on any atom is 0.289 e. The number of furan rings is 1. The number of rotatable bonds is 2. The minimum Gasteiger partial charge on any atom is -0.459 e. The molecule has 2 aromatic rings. The minimum absolute atomic E-state index is 0.0669. The molecule has 1 amide bonds. The molecule has 1 aliphatic rings. The third-order valence-electron chi connectivity index (χ3n) is 3.39. The highest BCUT2D eigenvalue weighted by Crippen LogP contribution is 2.27. The van der Waals surface area contributed by atoms with Gasteiger partial charge < -0.3 is 14.2 Å². The second kappa shape index (κ2) is 6.07.